The number of carbonyl (C=O) groups is 3. The minimum absolute atomic E-state index is 0.00373. The Morgan fingerprint density at radius 3 is 2.31 bits per heavy atom. The highest BCUT2D eigenvalue weighted by molar-refractivity contribution is 5.97. The Labute approximate surface area is 174 Å². The number of aryl methyl sites for hydroxylation is 1. The molecule has 0 spiro atoms. The van der Waals surface area contributed by atoms with Crippen molar-refractivity contribution in [1.29, 1.82) is 0 Å². The van der Waals surface area contributed by atoms with Crippen LogP contribution in [0.4, 0.5) is 0 Å². The summed E-state index contributed by atoms with van der Waals surface area (Å²) in [6.45, 7) is 11.0. The van der Waals surface area contributed by atoms with Gasteiger partial charge in [0.1, 0.15) is 6.04 Å². The second-order valence-corrected chi connectivity index (χ2v) is 8.46. The molecule has 6 heteroatoms. The zero-order valence-corrected chi connectivity index (χ0v) is 18.3. The second-order valence-electron chi connectivity index (χ2n) is 8.46. The number of carbonyl (C=O) groups excluding carboxylic acids is 3. The quantitative estimate of drug-likeness (QED) is 0.737. The van der Waals surface area contributed by atoms with Crippen LogP contribution in [0, 0.1) is 18.8 Å². The number of piperidine rings is 1. The molecule has 1 saturated heterocycles. The smallest absolute Gasteiger partial charge is 0.251 e. The maximum Gasteiger partial charge on any atom is 0.251 e. The van der Waals surface area contributed by atoms with Crippen LogP contribution in [0.25, 0.3) is 0 Å². The number of rotatable bonds is 7. The van der Waals surface area contributed by atoms with Crippen molar-refractivity contribution in [3.8, 4) is 0 Å². The van der Waals surface area contributed by atoms with Crippen molar-refractivity contribution in [2.45, 2.75) is 66.0 Å². The van der Waals surface area contributed by atoms with Crippen molar-refractivity contribution in [2.24, 2.45) is 11.8 Å². The van der Waals surface area contributed by atoms with E-state index in [-0.39, 0.29) is 35.6 Å². The maximum atomic E-state index is 13.0. The molecule has 6 nitrogen and oxygen atoms in total. The van der Waals surface area contributed by atoms with Crippen molar-refractivity contribution in [1.82, 2.24) is 15.5 Å². The molecule has 1 aromatic rings. The molecule has 0 aliphatic carbocycles. The Bertz CT molecular complexity index is 724. The van der Waals surface area contributed by atoms with Gasteiger partial charge < -0.3 is 15.5 Å². The van der Waals surface area contributed by atoms with Gasteiger partial charge in [-0.15, -0.1) is 0 Å². The van der Waals surface area contributed by atoms with E-state index in [1.54, 1.807) is 6.07 Å². The second kappa shape index (κ2) is 10.4. The van der Waals surface area contributed by atoms with Crippen LogP contribution in [0.5, 0.6) is 0 Å². The highest BCUT2D eigenvalue weighted by atomic mass is 16.2. The molecule has 0 radical (unpaired) electrons. The van der Waals surface area contributed by atoms with Crippen LogP contribution in [0.15, 0.2) is 24.3 Å². The molecule has 29 heavy (non-hydrogen) atoms. The molecule has 1 heterocycles. The third kappa shape index (κ3) is 6.31. The van der Waals surface area contributed by atoms with E-state index in [9.17, 15) is 14.4 Å². The minimum Gasteiger partial charge on any atom is -0.352 e. The summed E-state index contributed by atoms with van der Waals surface area (Å²) in [7, 11) is 0. The minimum atomic E-state index is -0.603. The molecule has 0 saturated carbocycles. The van der Waals surface area contributed by atoms with Crippen LogP contribution in [0.1, 0.15) is 62.9 Å². The number of hydrogen-bond acceptors (Lipinski definition) is 3. The van der Waals surface area contributed by atoms with Gasteiger partial charge in [0.05, 0.1) is 0 Å². The van der Waals surface area contributed by atoms with Crippen LogP contribution in [-0.4, -0.2) is 47.8 Å². The zero-order valence-electron chi connectivity index (χ0n) is 18.3. The van der Waals surface area contributed by atoms with Gasteiger partial charge in [-0.3, -0.25) is 14.4 Å². The van der Waals surface area contributed by atoms with Crippen molar-refractivity contribution in [3.05, 3.63) is 35.4 Å². The average molecular weight is 402 g/mol. The zero-order chi connectivity index (χ0) is 21.6. The lowest BCUT2D eigenvalue weighted by Crippen LogP contribution is -2.55. The van der Waals surface area contributed by atoms with Gasteiger partial charge in [0.2, 0.25) is 11.8 Å². The van der Waals surface area contributed by atoms with Crippen molar-refractivity contribution in [2.75, 3.05) is 13.1 Å². The van der Waals surface area contributed by atoms with Crippen LogP contribution >= 0.6 is 0 Å². The SMILES string of the molecule is CC[C@H](C)NC(=O)[C@@H](NC(=O)c1cccc(C)c1)C1CCN(C(=O)C(C)C)CC1. The highest BCUT2D eigenvalue weighted by Gasteiger charge is 2.34. The number of nitrogens with zero attached hydrogens (tertiary/aromatic N) is 1. The van der Waals surface area contributed by atoms with Crippen molar-refractivity contribution >= 4 is 17.7 Å². The maximum absolute atomic E-state index is 13.0. The van der Waals surface area contributed by atoms with Crippen LogP contribution in [0.3, 0.4) is 0 Å². The Kier molecular flexibility index (Phi) is 8.23. The fraction of sp³-hybridized carbons (Fsp3) is 0.609. The summed E-state index contributed by atoms with van der Waals surface area (Å²) in [5.41, 5.74) is 1.55. The third-order valence-corrected chi connectivity index (χ3v) is 5.67. The summed E-state index contributed by atoms with van der Waals surface area (Å²) in [6, 6.07) is 6.80. The molecule has 0 aromatic heterocycles. The molecule has 3 amide bonds. The standard InChI is InChI=1S/C23H35N3O3/c1-6-17(5)24-22(28)20(25-21(27)19-9-7-8-16(4)14-19)18-10-12-26(13-11-18)23(29)15(2)3/h7-9,14-15,17-18,20H,6,10-13H2,1-5H3,(H,24,28)(H,25,27)/t17-,20-/m0/s1. The molecule has 1 aliphatic heterocycles. The summed E-state index contributed by atoms with van der Waals surface area (Å²) >= 11 is 0. The van der Waals surface area contributed by atoms with Crippen LogP contribution in [-0.2, 0) is 9.59 Å². The number of benzene rings is 1. The predicted octanol–water partition coefficient (Wildman–Crippen LogP) is 2.90. The van der Waals surface area contributed by atoms with Gasteiger partial charge in [-0.25, -0.2) is 0 Å². The van der Waals surface area contributed by atoms with Gasteiger partial charge in [0, 0.05) is 30.6 Å². The molecule has 0 unspecified atom stereocenters. The lowest BCUT2D eigenvalue weighted by Gasteiger charge is -2.36. The summed E-state index contributed by atoms with van der Waals surface area (Å²) in [5.74, 6) is -0.262. The summed E-state index contributed by atoms with van der Waals surface area (Å²) in [5, 5.41) is 5.99. The summed E-state index contributed by atoms with van der Waals surface area (Å²) in [4.78, 5) is 39.9. The molecule has 2 N–H and O–H groups in total. The van der Waals surface area contributed by atoms with E-state index >= 15 is 0 Å². The van der Waals surface area contributed by atoms with E-state index < -0.39 is 6.04 Å². The first-order valence-corrected chi connectivity index (χ1v) is 10.7. The number of nitrogens with one attached hydrogen (secondary N) is 2. The van der Waals surface area contributed by atoms with Gasteiger partial charge in [-0.05, 0) is 51.2 Å². The first-order valence-electron chi connectivity index (χ1n) is 10.7. The first kappa shape index (κ1) is 22.9. The summed E-state index contributed by atoms with van der Waals surface area (Å²) < 4.78 is 0. The molecule has 2 rings (SSSR count). The molecule has 2 atom stereocenters. The van der Waals surface area contributed by atoms with Crippen LogP contribution < -0.4 is 10.6 Å². The van der Waals surface area contributed by atoms with E-state index in [0.29, 0.717) is 31.5 Å². The van der Waals surface area contributed by atoms with E-state index in [1.807, 2.05) is 57.7 Å². The monoisotopic (exact) mass is 401 g/mol. The molecular weight excluding hydrogens is 366 g/mol. The Morgan fingerprint density at radius 1 is 1.10 bits per heavy atom. The molecule has 0 bridgehead atoms. The van der Waals surface area contributed by atoms with E-state index in [0.717, 1.165) is 12.0 Å². The molecule has 160 valence electrons. The van der Waals surface area contributed by atoms with Gasteiger partial charge in [-0.2, -0.15) is 0 Å². The number of amides is 3. The molecule has 1 aliphatic rings. The predicted molar refractivity (Wildman–Crippen MR) is 114 cm³/mol. The lowest BCUT2D eigenvalue weighted by molar-refractivity contribution is -0.136. The van der Waals surface area contributed by atoms with Gasteiger partial charge >= 0.3 is 0 Å². The Balaban J connectivity index is 2.12. The van der Waals surface area contributed by atoms with Gasteiger partial charge in [-0.1, -0.05) is 38.5 Å². The van der Waals surface area contributed by atoms with Gasteiger partial charge in [0.25, 0.3) is 5.91 Å². The van der Waals surface area contributed by atoms with Crippen molar-refractivity contribution < 1.29 is 14.4 Å². The molecular formula is C23H35N3O3. The largest absolute Gasteiger partial charge is 0.352 e. The normalized spacial score (nSPS) is 17.0. The fourth-order valence-electron chi connectivity index (χ4n) is 3.66. The lowest BCUT2D eigenvalue weighted by atomic mass is 9.88. The van der Waals surface area contributed by atoms with E-state index in [2.05, 4.69) is 10.6 Å². The van der Waals surface area contributed by atoms with E-state index in [4.69, 9.17) is 0 Å². The number of hydrogen-bond donors (Lipinski definition) is 2. The average Bonchev–Trinajstić information content (AvgIpc) is 2.71. The fourth-order valence-corrected chi connectivity index (χ4v) is 3.66. The summed E-state index contributed by atoms with van der Waals surface area (Å²) in [6.07, 6.45) is 2.22. The molecule has 1 fully saturated rings. The van der Waals surface area contributed by atoms with Crippen molar-refractivity contribution in [3.63, 3.8) is 0 Å². The Hall–Kier alpha value is -2.37. The number of likely N-dealkylation sites (tertiary alicyclic amines) is 1. The first-order chi connectivity index (χ1) is 13.7. The third-order valence-electron chi connectivity index (χ3n) is 5.67. The molecule has 1 aromatic carbocycles. The Morgan fingerprint density at radius 2 is 1.76 bits per heavy atom. The topological polar surface area (TPSA) is 78.5 Å². The van der Waals surface area contributed by atoms with Gasteiger partial charge in [0.15, 0.2) is 0 Å². The highest BCUT2D eigenvalue weighted by Crippen LogP contribution is 2.23. The van der Waals surface area contributed by atoms with Crippen LogP contribution in [0.2, 0.25) is 0 Å². The van der Waals surface area contributed by atoms with E-state index in [1.165, 1.54) is 0 Å².